The fraction of sp³-hybridized carbons (Fsp3) is 0.267. The topological polar surface area (TPSA) is 55.6 Å². The van der Waals surface area contributed by atoms with Gasteiger partial charge in [0.1, 0.15) is 0 Å². The van der Waals surface area contributed by atoms with Crippen molar-refractivity contribution in [2.75, 3.05) is 5.32 Å². The molecule has 2 heterocycles. The minimum atomic E-state index is -0.750. The van der Waals surface area contributed by atoms with Gasteiger partial charge in [-0.15, -0.1) is 0 Å². The summed E-state index contributed by atoms with van der Waals surface area (Å²) in [6, 6.07) is 10.0. The average Bonchev–Trinajstić information content (AvgIpc) is 2.89. The van der Waals surface area contributed by atoms with Gasteiger partial charge in [0.2, 0.25) is 0 Å². The molecule has 108 valence electrons. The molecule has 0 aliphatic heterocycles. The standard InChI is InChI=1S/C15H16FN5/c1-10(2)21-9-18-12-13(19-15(16)20-14(12)21)17-8-11-6-4-3-5-7-11/h3-7,9-10H,8H2,1-2H3,(H,17,19,20)/i16-1. The Balaban J connectivity index is 1.95. The molecule has 0 saturated carbocycles. The first-order chi connectivity index (χ1) is 10.1. The van der Waals surface area contributed by atoms with E-state index in [0.717, 1.165) is 5.56 Å². The van der Waals surface area contributed by atoms with Crippen molar-refractivity contribution >= 4 is 17.0 Å². The molecule has 0 amide bonds. The summed E-state index contributed by atoms with van der Waals surface area (Å²) in [7, 11) is 0. The molecule has 2 aromatic heterocycles. The number of aromatic nitrogens is 4. The van der Waals surface area contributed by atoms with E-state index in [0.29, 0.717) is 23.5 Å². The quantitative estimate of drug-likeness (QED) is 0.748. The largest absolute Gasteiger partial charge is 0.364 e. The molecule has 6 heteroatoms. The summed E-state index contributed by atoms with van der Waals surface area (Å²) in [5.41, 5.74) is 2.18. The summed E-state index contributed by atoms with van der Waals surface area (Å²) >= 11 is 0. The van der Waals surface area contributed by atoms with Crippen LogP contribution in [-0.2, 0) is 6.54 Å². The summed E-state index contributed by atoms with van der Waals surface area (Å²) < 4.78 is 15.5. The van der Waals surface area contributed by atoms with E-state index in [1.54, 1.807) is 6.33 Å². The Hall–Kier alpha value is -2.50. The van der Waals surface area contributed by atoms with Gasteiger partial charge < -0.3 is 9.88 Å². The lowest BCUT2D eigenvalue weighted by atomic mass is 10.2. The number of nitrogens with one attached hydrogen (secondary N) is 1. The van der Waals surface area contributed by atoms with Crippen LogP contribution >= 0.6 is 0 Å². The third-order valence-electron chi connectivity index (χ3n) is 3.25. The number of halogens is 1. The zero-order chi connectivity index (χ0) is 14.8. The van der Waals surface area contributed by atoms with Gasteiger partial charge in [0.25, 0.3) is 0 Å². The lowest BCUT2D eigenvalue weighted by molar-refractivity contribution is 0.537. The molecule has 0 unspecified atom stereocenters. The lowest BCUT2D eigenvalue weighted by Gasteiger charge is -2.09. The van der Waals surface area contributed by atoms with Gasteiger partial charge in [0, 0.05) is 12.6 Å². The Morgan fingerprint density at radius 1 is 1.19 bits per heavy atom. The first kappa shape index (κ1) is 13.5. The van der Waals surface area contributed by atoms with E-state index in [4.69, 9.17) is 0 Å². The number of rotatable bonds is 4. The van der Waals surface area contributed by atoms with Gasteiger partial charge >= 0.3 is 6.08 Å². The Morgan fingerprint density at radius 3 is 2.67 bits per heavy atom. The van der Waals surface area contributed by atoms with Crippen molar-refractivity contribution in [1.29, 1.82) is 0 Å². The van der Waals surface area contributed by atoms with Gasteiger partial charge in [-0.1, -0.05) is 30.3 Å². The molecule has 0 atom stereocenters. The number of anilines is 1. The van der Waals surface area contributed by atoms with Gasteiger partial charge in [0.05, 0.1) is 6.33 Å². The maximum absolute atomic E-state index is 13.6. The molecule has 0 spiro atoms. The highest BCUT2D eigenvalue weighted by atomic mass is 18.2. The minimum absolute atomic E-state index is 0.159. The van der Waals surface area contributed by atoms with Gasteiger partial charge in [0.15, 0.2) is 17.0 Å². The fourth-order valence-corrected chi connectivity index (χ4v) is 2.17. The Kier molecular flexibility index (Phi) is 3.51. The average molecular weight is 284 g/mol. The second kappa shape index (κ2) is 5.47. The van der Waals surface area contributed by atoms with Crippen molar-refractivity contribution in [2.24, 2.45) is 0 Å². The predicted molar refractivity (Wildman–Crippen MR) is 79.4 cm³/mol. The molecular formula is C15H16FN5. The van der Waals surface area contributed by atoms with Crippen molar-refractivity contribution in [3.63, 3.8) is 0 Å². The molecule has 0 saturated heterocycles. The third-order valence-corrected chi connectivity index (χ3v) is 3.25. The van der Waals surface area contributed by atoms with Crippen LogP contribution in [0.4, 0.5) is 10.2 Å². The first-order valence-electron chi connectivity index (χ1n) is 6.83. The van der Waals surface area contributed by atoms with Crippen molar-refractivity contribution in [2.45, 2.75) is 26.4 Å². The summed E-state index contributed by atoms with van der Waals surface area (Å²) in [5, 5.41) is 3.13. The molecule has 3 aromatic rings. The molecule has 0 bridgehead atoms. The molecule has 5 nitrogen and oxygen atoms in total. The second-order valence-electron chi connectivity index (χ2n) is 5.10. The Bertz CT molecular complexity index is 751. The van der Waals surface area contributed by atoms with E-state index in [1.807, 2.05) is 48.7 Å². The van der Waals surface area contributed by atoms with Crippen molar-refractivity contribution in [3.8, 4) is 0 Å². The van der Waals surface area contributed by atoms with E-state index in [2.05, 4.69) is 20.3 Å². The molecule has 1 aromatic carbocycles. The van der Waals surface area contributed by atoms with Crippen molar-refractivity contribution in [3.05, 3.63) is 48.3 Å². The highest BCUT2D eigenvalue weighted by Gasteiger charge is 2.14. The second-order valence-corrected chi connectivity index (χ2v) is 5.10. The van der Waals surface area contributed by atoms with Crippen LogP contribution in [0.5, 0.6) is 0 Å². The highest BCUT2D eigenvalue weighted by molar-refractivity contribution is 5.82. The van der Waals surface area contributed by atoms with Gasteiger partial charge in [-0.3, -0.25) is 0 Å². The number of imidazole rings is 1. The van der Waals surface area contributed by atoms with Crippen molar-refractivity contribution < 1.29 is 4.39 Å². The van der Waals surface area contributed by atoms with Crippen LogP contribution in [0.15, 0.2) is 36.7 Å². The zero-order valence-corrected chi connectivity index (χ0v) is 11.9. The maximum Gasteiger partial charge on any atom is 0.312 e. The number of nitrogens with zero attached hydrogens (tertiary/aromatic N) is 4. The van der Waals surface area contributed by atoms with E-state index in [-0.39, 0.29) is 6.04 Å². The van der Waals surface area contributed by atoms with Crippen LogP contribution in [0.25, 0.3) is 11.2 Å². The first-order valence-corrected chi connectivity index (χ1v) is 6.83. The molecule has 0 aliphatic carbocycles. The molecule has 0 radical (unpaired) electrons. The normalized spacial score (nSPS) is 11.2. The summed E-state index contributed by atoms with van der Waals surface area (Å²) in [6.45, 7) is 4.55. The van der Waals surface area contributed by atoms with E-state index < -0.39 is 6.08 Å². The molecule has 0 aliphatic rings. The number of benzene rings is 1. The SMILES string of the molecule is CC(C)n1cnc2c(NCc3ccccc3)nc([18F])nc21. The Morgan fingerprint density at radius 2 is 1.95 bits per heavy atom. The molecule has 3 rings (SSSR count). The predicted octanol–water partition coefficient (Wildman–Crippen LogP) is 3.16. The number of hydrogen-bond acceptors (Lipinski definition) is 4. The maximum atomic E-state index is 13.6. The lowest BCUT2D eigenvalue weighted by Crippen LogP contribution is -2.06. The van der Waals surface area contributed by atoms with Gasteiger partial charge in [-0.05, 0) is 19.4 Å². The van der Waals surface area contributed by atoms with E-state index in [1.165, 1.54) is 0 Å². The van der Waals surface area contributed by atoms with Crippen LogP contribution in [0, 0.1) is 6.08 Å². The van der Waals surface area contributed by atoms with Crippen LogP contribution in [0.1, 0.15) is 25.5 Å². The summed E-state index contributed by atoms with van der Waals surface area (Å²) in [6.07, 6.45) is 0.914. The number of fused-ring (bicyclic) bond motifs is 1. The zero-order valence-electron chi connectivity index (χ0n) is 11.9. The van der Waals surface area contributed by atoms with Gasteiger partial charge in [-0.25, -0.2) is 4.98 Å². The van der Waals surface area contributed by atoms with Crippen molar-refractivity contribution in [1.82, 2.24) is 19.5 Å². The fourth-order valence-electron chi connectivity index (χ4n) is 2.17. The van der Waals surface area contributed by atoms with E-state index in [9.17, 15) is 4.39 Å². The van der Waals surface area contributed by atoms with Crippen LogP contribution in [-0.4, -0.2) is 19.5 Å². The minimum Gasteiger partial charge on any atom is -0.364 e. The third kappa shape index (κ3) is 2.69. The van der Waals surface area contributed by atoms with Crippen LogP contribution in [0.3, 0.4) is 0 Å². The summed E-state index contributed by atoms with van der Waals surface area (Å²) in [5.74, 6) is 0.417. The van der Waals surface area contributed by atoms with Gasteiger partial charge in [-0.2, -0.15) is 14.4 Å². The van der Waals surface area contributed by atoms with Crippen LogP contribution in [0.2, 0.25) is 0 Å². The van der Waals surface area contributed by atoms with E-state index >= 15 is 0 Å². The molecule has 0 fully saturated rings. The highest BCUT2D eigenvalue weighted by Crippen LogP contribution is 2.21. The monoisotopic (exact) mass is 284 g/mol. The summed E-state index contributed by atoms with van der Waals surface area (Å²) in [4.78, 5) is 12.0. The molecule has 1 N–H and O–H groups in total. The number of hydrogen-bond donors (Lipinski definition) is 1. The molecule has 21 heavy (non-hydrogen) atoms. The molecular weight excluding hydrogens is 268 g/mol. The smallest absolute Gasteiger partial charge is 0.312 e. The Labute approximate surface area is 121 Å². The van der Waals surface area contributed by atoms with Crippen LogP contribution < -0.4 is 5.32 Å².